The van der Waals surface area contributed by atoms with Gasteiger partial charge in [-0.25, -0.2) is 0 Å². The van der Waals surface area contributed by atoms with Gasteiger partial charge in [-0.15, -0.1) is 0 Å². The highest BCUT2D eigenvalue weighted by atomic mass is 15.1. The Morgan fingerprint density at radius 3 is 2.33 bits per heavy atom. The molecule has 0 aromatic carbocycles. The van der Waals surface area contributed by atoms with Gasteiger partial charge in [0.2, 0.25) is 0 Å². The van der Waals surface area contributed by atoms with Crippen molar-refractivity contribution >= 4 is 0 Å². The molecule has 0 aliphatic heterocycles. The largest absolute Gasteiger partial charge is 0.330 e. The fourth-order valence-corrected chi connectivity index (χ4v) is 2.92. The average Bonchev–Trinajstić information content (AvgIpc) is 2.13. The predicted molar refractivity (Wildman–Crippen MR) is 64.8 cm³/mol. The number of nitrogens with zero attached hydrogens (tertiary/aromatic N) is 1. The van der Waals surface area contributed by atoms with E-state index >= 15 is 0 Å². The smallest absolute Gasteiger partial charge is 0.00501 e. The maximum atomic E-state index is 5.92. The van der Waals surface area contributed by atoms with Gasteiger partial charge >= 0.3 is 0 Å². The molecule has 2 nitrogen and oxygen atoms in total. The topological polar surface area (TPSA) is 29.3 Å². The molecule has 2 fully saturated rings. The third-order valence-electron chi connectivity index (χ3n) is 4.59. The fraction of sp³-hybridized carbons (Fsp3) is 1.00. The lowest BCUT2D eigenvalue weighted by molar-refractivity contribution is 0.0602. The molecule has 0 aromatic rings. The second-order valence-corrected chi connectivity index (χ2v) is 5.68. The van der Waals surface area contributed by atoms with Crippen molar-refractivity contribution in [1.29, 1.82) is 0 Å². The summed E-state index contributed by atoms with van der Waals surface area (Å²) in [6.45, 7) is 6.99. The van der Waals surface area contributed by atoms with Crippen LogP contribution >= 0.6 is 0 Å². The van der Waals surface area contributed by atoms with Crippen LogP contribution in [0.5, 0.6) is 0 Å². The first-order chi connectivity index (χ1) is 7.28. The lowest BCUT2D eigenvalue weighted by Gasteiger charge is -2.45. The van der Waals surface area contributed by atoms with Gasteiger partial charge < -0.3 is 10.6 Å². The third kappa shape index (κ3) is 2.54. The summed E-state index contributed by atoms with van der Waals surface area (Å²) in [5, 5.41) is 0. The molecule has 2 heteroatoms. The van der Waals surface area contributed by atoms with Gasteiger partial charge in [-0.2, -0.15) is 0 Å². The molecule has 0 bridgehead atoms. The number of nitrogens with two attached hydrogens (primary N) is 1. The molecule has 0 amide bonds. The Hall–Kier alpha value is -0.0800. The van der Waals surface area contributed by atoms with E-state index in [1.165, 1.54) is 58.2 Å². The highest BCUT2D eigenvalue weighted by Gasteiger charge is 2.37. The van der Waals surface area contributed by atoms with Crippen molar-refractivity contribution in [3.63, 3.8) is 0 Å². The molecule has 2 rings (SSSR count). The van der Waals surface area contributed by atoms with Crippen LogP contribution in [0.2, 0.25) is 0 Å². The van der Waals surface area contributed by atoms with E-state index in [9.17, 15) is 0 Å². The normalized spacial score (nSPS) is 25.0. The van der Waals surface area contributed by atoms with Crippen molar-refractivity contribution in [1.82, 2.24) is 4.90 Å². The summed E-state index contributed by atoms with van der Waals surface area (Å²) in [6.07, 6.45) is 8.52. The van der Waals surface area contributed by atoms with Crippen molar-refractivity contribution in [3.8, 4) is 0 Å². The Balaban J connectivity index is 1.78. The molecule has 0 saturated heterocycles. The first-order valence-corrected chi connectivity index (χ1v) is 6.70. The van der Waals surface area contributed by atoms with E-state index < -0.39 is 0 Å². The van der Waals surface area contributed by atoms with Crippen LogP contribution in [0.4, 0.5) is 0 Å². The van der Waals surface area contributed by atoms with Crippen molar-refractivity contribution in [3.05, 3.63) is 0 Å². The van der Waals surface area contributed by atoms with Gasteiger partial charge in [0.25, 0.3) is 0 Å². The second kappa shape index (κ2) is 4.84. The molecule has 88 valence electrons. The minimum Gasteiger partial charge on any atom is -0.330 e. The SMILES string of the molecule is CCN(CC1CCC1)CC1(CN)CCC1. The summed E-state index contributed by atoms with van der Waals surface area (Å²) in [7, 11) is 0. The zero-order valence-electron chi connectivity index (χ0n) is 10.2. The number of rotatable bonds is 6. The summed E-state index contributed by atoms with van der Waals surface area (Å²) in [5.74, 6) is 1.000. The van der Waals surface area contributed by atoms with Crippen LogP contribution in [-0.4, -0.2) is 31.1 Å². The van der Waals surface area contributed by atoms with Crippen LogP contribution in [0, 0.1) is 11.3 Å². The van der Waals surface area contributed by atoms with Crippen molar-refractivity contribution in [2.75, 3.05) is 26.2 Å². The molecule has 0 heterocycles. The molecule has 2 N–H and O–H groups in total. The van der Waals surface area contributed by atoms with Gasteiger partial charge in [0, 0.05) is 13.1 Å². The highest BCUT2D eigenvalue weighted by molar-refractivity contribution is 4.91. The number of hydrogen-bond donors (Lipinski definition) is 1. The van der Waals surface area contributed by atoms with Crippen LogP contribution in [0.15, 0.2) is 0 Å². The molecule has 15 heavy (non-hydrogen) atoms. The van der Waals surface area contributed by atoms with Crippen molar-refractivity contribution in [2.24, 2.45) is 17.1 Å². The van der Waals surface area contributed by atoms with Crippen molar-refractivity contribution in [2.45, 2.75) is 45.4 Å². The van der Waals surface area contributed by atoms with Gasteiger partial charge in [-0.3, -0.25) is 0 Å². The summed E-state index contributed by atoms with van der Waals surface area (Å²) in [4.78, 5) is 2.65. The molecule has 2 aliphatic carbocycles. The fourth-order valence-electron chi connectivity index (χ4n) is 2.92. The Morgan fingerprint density at radius 2 is 2.00 bits per heavy atom. The van der Waals surface area contributed by atoms with Crippen LogP contribution in [-0.2, 0) is 0 Å². The summed E-state index contributed by atoms with van der Waals surface area (Å²) in [5.41, 5.74) is 6.42. The first-order valence-electron chi connectivity index (χ1n) is 6.70. The first kappa shape index (κ1) is 11.4. The summed E-state index contributed by atoms with van der Waals surface area (Å²) < 4.78 is 0. The Bertz CT molecular complexity index is 189. The minimum atomic E-state index is 0.500. The van der Waals surface area contributed by atoms with Gasteiger partial charge in [0.1, 0.15) is 0 Å². The summed E-state index contributed by atoms with van der Waals surface area (Å²) >= 11 is 0. The van der Waals surface area contributed by atoms with Crippen LogP contribution in [0.3, 0.4) is 0 Å². The van der Waals surface area contributed by atoms with Gasteiger partial charge in [-0.1, -0.05) is 19.8 Å². The molecular weight excluding hydrogens is 184 g/mol. The molecule has 0 atom stereocenters. The molecule has 0 aromatic heterocycles. The highest BCUT2D eigenvalue weighted by Crippen LogP contribution is 2.41. The maximum absolute atomic E-state index is 5.92. The Kier molecular flexibility index (Phi) is 3.68. The Morgan fingerprint density at radius 1 is 1.27 bits per heavy atom. The van der Waals surface area contributed by atoms with Crippen molar-refractivity contribution < 1.29 is 0 Å². The molecular formula is C13H26N2. The minimum absolute atomic E-state index is 0.500. The second-order valence-electron chi connectivity index (χ2n) is 5.68. The third-order valence-corrected chi connectivity index (χ3v) is 4.59. The maximum Gasteiger partial charge on any atom is 0.00501 e. The Labute approximate surface area is 94.2 Å². The monoisotopic (exact) mass is 210 g/mol. The molecule has 0 radical (unpaired) electrons. The van der Waals surface area contributed by atoms with Crippen LogP contribution < -0.4 is 5.73 Å². The van der Waals surface area contributed by atoms with Gasteiger partial charge in [0.15, 0.2) is 0 Å². The van der Waals surface area contributed by atoms with E-state index in [0.29, 0.717) is 5.41 Å². The van der Waals surface area contributed by atoms with E-state index in [4.69, 9.17) is 5.73 Å². The van der Waals surface area contributed by atoms with E-state index in [0.717, 1.165) is 12.5 Å². The lowest BCUT2D eigenvalue weighted by Crippen LogP contribution is -2.48. The van der Waals surface area contributed by atoms with E-state index in [-0.39, 0.29) is 0 Å². The zero-order valence-corrected chi connectivity index (χ0v) is 10.2. The van der Waals surface area contributed by atoms with Gasteiger partial charge in [0.05, 0.1) is 0 Å². The van der Waals surface area contributed by atoms with E-state index in [1.54, 1.807) is 0 Å². The lowest BCUT2D eigenvalue weighted by atomic mass is 9.68. The molecule has 0 spiro atoms. The van der Waals surface area contributed by atoms with Crippen LogP contribution in [0.25, 0.3) is 0 Å². The van der Waals surface area contributed by atoms with Gasteiger partial charge in [-0.05, 0) is 50.1 Å². The molecule has 0 unspecified atom stereocenters. The van der Waals surface area contributed by atoms with E-state index in [2.05, 4.69) is 11.8 Å². The molecule has 2 aliphatic rings. The standard InChI is InChI=1S/C13H26N2/c1-2-15(9-12-5-3-6-12)11-13(10-14)7-4-8-13/h12H,2-11,14H2,1H3. The van der Waals surface area contributed by atoms with Crippen LogP contribution in [0.1, 0.15) is 45.4 Å². The summed E-state index contributed by atoms with van der Waals surface area (Å²) in [6, 6.07) is 0. The van der Waals surface area contributed by atoms with E-state index in [1.807, 2.05) is 0 Å². The quantitative estimate of drug-likeness (QED) is 0.728. The zero-order chi connectivity index (χ0) is 10.7. The molecule has 2 saturated carbocycles. The predicted octanol–water partition coefficient (Wildman–Crippen LogP) is 2.24. The average molecular weight is 210 g/mol. The number of hydrogen-bond acceptors (Lipinski definition) is 2.